The van der Waals surface area contributed by atoms with Gasteiger partial charge in [-0.1, -0.05) is 16.8 Å². The number of aromatic nitrogens is 2. The molecule has 1 heterocycles. The molecule has 0 atom stereocenters. The van der Waals surface area contributed by atoms with Crippen molar-refractivity contribution in [3.8, 4) is 17.1 Å². The SMILES string of the molecule is CO.O=C(NCc1nc(-c2ccc(OC(F)(F)F)cc2)no1)c1ccc(Cl)cc1. The predicted molar refractivity (Wildman–Crippen MR) is 97.2 cm³/mol. The Hall–Kier alpha value is -3.11. The van der Waals surface area contributed by atoms with Gasteiger partial charge in [0, 0.05) is 23.3 Å². The third-order valence-electron chi connectivity index (χ3n) is 3.32. The van der Waals surface area contributed by atoms with Crippen molar-refractivity contribution in [2.75, 3.05) is 7.11 Å². The number of benzene rings is 2. The number of nitrogens with one attached hydrogen (secondary N) is 1. The molecule has 3 rings (SSSR count). The highest BCUT2D eigenvalue weighted by molar-refractivity contribution is 6.30. The van der Waals surface area contributed by atoms with Crippen LogP contribution >= 0.6 is 11.6 Å². The highest BCUT2D eigenvalue weighted by Crippen LogP contribution is 2.25. The number of alkyl halides is 3. The molecule has 0 bridgehead atoms. The lowest BCUT2D eigenvalue weighted by atomic mass is 10.2. The van der Waals surface area contributed by atoms with Crippen molar-refractivity contribution in [1.82, 2.24) is 15.5 Å². The van der Waals surface area contributed by atoms with E-state index in [9.17, 15) is 18.0 Å². The fourth-order valence-electron chi connectivity index (χ4n) is 2.11. The second-order valence-corrected chi connectivity index (χ2v) is 5.71. The summed E-state index contributed by atoms with van der Waals surface area (Å²) < 4.78 is 45.3. The number of halogens is 4. The minimum atomic E-state index is -4.76. The van der Waals surface area contributed by atoms with E-state index >= 15 is 0 Å². The van der Waals surface area contributed by atoms with Crippen LogP contribution in [-0.2, 0) is 6.54 Å². The summed E-state index contributed by atoms with van der Waals surface area (Å²) in [6.45, 7) is -0.0102. The van der Waals surface area contributed by atoms with Crippen molar-refractivity contribution >= 4 is 17.5 Å². The van der Waals surface area contributed by atoms with Gasteiger partial charge in [-0.25, -0.2) is 0 Å². The lowest BCUT2D eigenvalue weighted by Gasteiger charge is -2.08. The Balaban J connectivity index is 0.00000145. The highest BCUT2D eigenvalue weighted by atomic mass is 35.5. The van der Waals surface area contributed by atoms with Crippen LogP contribution in [0.5, 0.6) is 5.75 Å². The van der Waals surface area contributed by atoms with Crippen LogP contribution in [0.2, 0.25) is 5.02 Å². The van der Waals surface area contributed by atoms with E-state index in [1.165, 1.54) is 12.1 Å². The molecule has 29 heavy (non-hydrogen) atoms. The minimum Gasteiger partial charge on any atom is -0.406 e. The van der Waals surface area contributed by atoms with Crippen LogP contribution in [0.1, 0.15) is 16.2 Å². The maximum absolute atomic E-state index is 12.2. The maximum atomic E-state index is 12.2. The van der Waals surface area contributed by atoms with Crippen molar-refractivity contribution in [2.24, 2.45) is 0 Å². The third kappa shape index (κ3) is 6.77. The second-order valence-electron chi connectivity index (χ2n) is 5.27. The molecule has 3 aromatic rings. The van der Waals surface area contributed by atoms with E-state index in [0.717, 1.165) is 19.2 Å². The van der Waals surface area contributed by atoms with E-state index in [0.29, 0.717) is 16.1 Å². The van der Waals surface area contributed by atoms with E-state index in [1.807, 2.05) is 0 Å². The number of rotatable bonds is 5. The summed E-state index contributed by atoms with van der Waals surface area (Å²) in [5.41, 5.74) is 0.850. The Labute approximate surface area is 168 Å². The van der Waals surface area contributed by atoms with Gasteiger partial charge in [-0.2, -0.15) is 4.98 Å². The molecule has 0 radical (unpaired) electrons. The van der Waals surface area contributed by atoms with Crippen LogP contribution in [0.4, 0.5) is 13.2 Å². The van der Waals surface area contributed by atoms with Crippen molar-refractivity contribution in [1.29, 1.82) is 0 Å². The number of nitrogens with zero attached hydrogens (tertiary/aromatic N) is 2. The zero-order valence-corrected chi connectivity index (χ0v) is 15.7. The standard InChI is InChI=1S/C17H11ClF3N3O3.CH4O/c18-12-5-1-11(2-6-12)16(25)22-9-14-23-15(24-27-14)10-3-7-13(8-4-10)26-17(19,20)21;1-2/h1-8H,9H2,(H,22,25);2H,1H3. The average molecular weight is 430 g/mol. The predicted octanol–water partition coefficient (Wildman–Crippen LogP) is 3.83. The molecular weight excluding hydrogens is 415 g/mol. The fraction of sp³-hybridized carbons (Fsp3) is 0.167. The van der Waals surface area contributed by atoms with Gasteiger partial charge < -0.3 is 19.7 Å². The van der Waals surface area contributed by atoms with E-state index in [1.54, 1.807) is 24.3 Å². The van der Waals surface area contributed by atoms with Gasteiger partial charge in [0.1, 0.15) is 5.75 Å². The Morgan fingerprint density at radius 2 is 1.76 bits per heavy atom. The molecule has 1 aromatic heterocycles. The van der Waals surface area contributed by atoms with Gasteiger partial charge in [0.25, 0.3) is 5.91 Å². The number of aliphatic hydroxyl groups is 1. The molecule has 0 unspecified atom stereocenters. The Kier molecular flexibility index (Phi) is 7.57. The third-order valence-corrected chi connectivity index (χ3v) is 3.57. The molecule has 7 nitrogen and oxygen atoms in total. The lowest BCUT2D eigenvalue weighted by Crippen LogP contribution is -2.22. The summed E-state index contributed by atoms with van der Waals surface area (Å²) in [6, 6.07) is 11.3. The first kappa shape index (κ1) is 22.2. The topological polar surface area (TPSA) is 97.5 Å². The summed E-state index contributed by atoms with van der Waals surface area (Å²) in [5.74, 6) is -0.391. The number of amides is 1. The largest absolute Gasteiger partial charge is 0.573 e. The normalized spacial score (nSPS) is 10.7. The molecule has 2 N–H and O–H groups in total. The average Bonchev–Trinajstić information content (AvgIpc) is 3.17. The van der Waals surface area contributed by atoms with Gasteiger partial charge in [-0.05, 0) is 48.5 Å². The van der Waals surface area contributed by atoms with Gasteiger partial charge in [0.15, 0.2) is 0 Å². The summed E-state index contributed by atoms with van der Waals surface area (Å²) in [5, 5.41) is 13.9. The molecule has 11 heteroatoms. The first-order valence-corrected chi connectivity index (χ1v) is 8.35. The molecule has 0 fully saturated rings. The van der Waals surface area contributed by atoms with Gasteiger partial charge in [0.05, 0.1) is 6.54 Å². The molecule has 0 saturated heterocycles. The van der Waals surface area contributed by atoms with Crippen LogP contribution in [-0.4, -0.2) is 34.6 Å². The number of hydrogen-bond acceptors (Lipinski definition) is 6. The molecule has 0 spiro atoms. The quantitative estimate of drug-likeness (QED) is 0.639. The van der Waals surface area contributed by atoms with E-state index in [2.05, 4.69) is 20.2 Å². The number of carbonyl (C=O) groups excluding carboxylic acids is 1. The van der Waals surface area contributed by atoms with Crippen LogP contribution < -0.4 is 10.1 Å². The number of aliphatic hydroxyl groups excluding tert-OH is 1. The highest BCUT2D eigenvalue weighted by Gasteiger charge is 2.31. The molecule has 154 valence electrons. The molecule has 1 amide bonds. The lowest BCUT2D eigenvalue weighted by molar-refractivity contribution is -0.274. The summed E-state index contributed by atoms with van der Waals surface area (Å²) in [7, 11) is 1.00. The monoisotopic (exact) mass is 429 g/mol. The molecule has 0 aliphatic heterocycles. The van der Waals surface area contributed by atoms with E-state index in [-0.39, 0.29) is 29.9 Å². The molecule has 0 saturated carbocycles. The molecule has 0 aliphatic rings. The Morgan fingerprint density at radius 3 is 2.34 bits per heavy atom. The summed E-state index contributed by atoms with van der Waals surface area (Å²) >= 11 is 5.76. The zero-order valence-electron chi connectivity index (χ0n) is 14.9. The van der Waals surface area contributed by atoms with Crippen molar-refractivity contribution in [3.05, 3.63) is 65.0 Å². The molecule has 0 aliphatic carbocycles. The summed E-state index contributed by atoms with van der Waals surface area (Å²) in [4.78, 5) is 16.1. The number of hydrogen-bond donors (Lipinski definition) is 2. The van der Waals surface area contributed by atoms with Gasteiger partial charge in [0.2, 0.25) is 11.7 Å². The number of ether oxygens (including phenoxy) is 1. The Morgan fingerprint density at radius 1 is 1.14 bits per heavy atom. The van der Waals surface area contributed by atoms with E-state index < -0.39 is 6.36 Å². The number of carbonyl (C=O) groups is 1. The molecular formula is C18H15ClF3N3O4. The van der Waals surface area contributed by atoms with Gasteiger partial charge in [-0.3, -0.25) is 4.79 Å². The van der Waals surface area contributed by atoms with Crippen molar-refractivity contribution in [3.63, 3.8) is 0 Å². The van der Waals surface area contributed by atoms with Gasteiger partial charge >= 0.3 is 6.36 Å². The second kappa shape index (κ2) is 9.89. The minimum absolute atomic E-state index is 0.0102. The molecule has 2 aromatic carbocycles. The fourth-order valence-corrected chi connectivity index (χ4v) is 2.23. The zero-order chi connectivity index (χ0) is 21.4. The van der Waals surface area contributed by atoms with Crippen LogP contribution in [0.15, 0.2) is 53.1 Å². The van der Waals surface area contributed by atoms with Crippen molar-refractivity contribution in [2.45, 2.75) is 12.9 Å². The first-order valence-electron chi connectivity index (χ1n) is 7.97. The van der Waals surface area contributed by atoms with Crippen LogP contribution in [0.25, 0.3) is 11.4 Å². The summed E-state index contributed by atoms with van der Waals surface area (Å²) in [6.07, 6.45) is -4.76. The maximum Gasteiger partial charge on any atom is 0.573 e. The van der Waals surface area contributed by atoms with Crippen LogP contribution in [0.3, 0.4) is 0 Å². The van der Waals surface area contributed by atoms with Crippen molar-refractivity contribution < 1.29 is 32.3 Å². The van der Waals surface area contributed by atoms with E-state index in [4.69, 9.17) is 21.2 Å². The van der Waals surface area contributed by atoms with Crippen LogP contribution in [0, 0.1) is 0 Å². The first-order chi connectivity index (χ1) is 13.8. The smallest absolute Gasteiger partial charge is 0.406 e. The van der Waals surface area contributed by atoms with Gasteiger partial charge in [-0.15, -0.1) is 13.2 Å². The Bertz CT molecular complexity index is 929.